The Balaban J connectivity index is 2.04. The van der Waals surface area contributed by atoms with Gasteiger partial charge in [0.1, 0.15) is 0 Å². The zero-order valence-electron chi connectivity index (χ0n) is 11.0. The summed E-state index contributed by atoms with van der Waals surface area (Å²) in [5.74, 6) is 0. The van der Waals surface area contributed by atoms with E-state index in [2.05, 4.69) is 9.71 Å². The van der Waals surface area contributed by atoms with Crippen molar-refractivity contribution in [2.45, 2.75) is 24.8 Å². The fraction of sp³-hybridized carbons (Fsp3) is 0.308. The molecule has 1 aromatic carbocycles. The van der Waals surface area contributed by atoms with E-state index in [9.17, 15) is 13.5 Å². The van der Waals surface area contributed by atoms with Gasteiger partial charge in [0.2, 0.25) is 10.0 Å². The summed E-state index contributed by atoms with van der Waals surface area (Å²) in [6.45, 7) is 1.89. The average Bonchev–Trinajstić information content (AvgIpc) is 2.84. The van der Waals surface area contributed by atoms with Gasteiger partial charge in [0.25, 0.3) is 0 Å². The van der Waals surface area contributed by atoms with Gasteiger partial charge in [-0.3, -0.25) is 0 Å². The van der Waals surface area contributed by atoms with Gasteiger partial charge < -0.3 is 5.11 Å². The van der Waals surface area contributed by atoms with E-state index in [4.69, 9.17) is 0 Å². The molecule has 2 N–H and O–H groups in total. The first kappa shape index (κ1) is 15.1. The topological polar surface area (TPSA) is 79.3 Å². The molecule has 0 atom stereocenters. The molecule has 1 heterocycles. The second-order valence-electron chi connectivity index (χ2n) is 4.30. The molecular formula is C13H16N2O3S2. The molecule has 0 spiro atoms. The highest BCUT2D eigenvalue weighted by Crippen LogP contribution is 2.15. The standard InChI is InChI=1S/C13H16N2O3S2/c1-10-9-19-13(15-10)6-7-14-20(17,18)12-5-3-2-4-11(12)8-16/h2-5,9,14,16H,6-8H2,1H3. The lowest BCUT2D eigenvalue weighted by Gasteiger charge is -2.09. The lowest BCUT2D eigenvalue weighted by Crippen LogP contribution is -2.26. The summed E-state index contributed by atoms with van der Waals surface area (Å²) < 4.78 is 26.9. The average molecular weight is 312 g/mol. The van der Waals surface area contributed by atoms with Gasteiger partial charge in [0, 0.05) is 24.0 Å². The molecule has 7 heteroatoms. The van der Waals surface area contributed by atoms with Crippen LogP contribution < -0.4 is 4.72 Å². The number of nitrogens with one attached hydrogen (secondary N) is 1. The lowest BCUT2D eigenvalue weighted by molar-refractivity contribution is 0.278. The predicted octanol–water partition coefficient (Wildman–Crippen LogP) is 1.46. The third kappa shape index (κ3) is 3.63. The van der Waals surface area contributed by atoms with E-state index >= 15 is 0 Å². The molecule has 0 aliphatic rings. The van der Waals surface area contributed by atoms with Crippen LogP contribution in [-0.2, 0) is 23.1 Å². The summed E-state index contributed by atoms with van der Waals surface area (Å²) in [4.78, 5) is 4.40. The van der Waals surface area contributed by atoms with Crippen LogP contribution in [0.1, 0.15) is 16.3 Å². The molecule has 0 aliphatic heterocycles. The van der Waals surface area contributed by atoms with Crippen LogP contribution in [-0.4, -0.2) is 25.1 Å². The van der Waals surface area contributed by atoms with E-state index < -0.39 is 10.0 Å². The van der Waals surface area contributed by atoms with Crippen LogP contribution in [0.25, 0.3) is 0 Å². The summed E-state index contributed by atoms with van der Waals surface area (Å²) in [5.41, 5.74) is 1.34. The van der Waals surface area contributed by atoms with E-state index in [0.717, 1.165) is 10.7 Å². The molecule has 0 saturated carbocycles. The Morgan fingerprint density at radius 3 is 2.75 bits per heavy atom. The molecule has 0 amide bonds. The van der Waals surface area contributed by atoms with Crippen molar-refractivity contribution < 1.29 is 13.5 Å². The Morgan fingerprint density at radius 2 is 2.10 bits per heavy atom. The number of thiazole rings is 1. The van der Waals surface area contributed by atoms with Crippen LogP contribution in [0.3, 0.4) is 0 Å². The summed E-state index contributed by atoms with van der Waals surface area (Å²) in [6, 6.07) is 6.42. The largest absolute Gasteiger partial charge is 0.392 e. The number of aliphatic hydroxyl groups excluding tert-OH is 1. The van der Waals surface area contributed by atoms with Crippen molar-refractivity contribution in [2.75, 3.05) is 6.54 Å². The second-order valence-corrected chi connectivity index (χ2v) is 6.97. The van der Waals surface area contributed by atoms with E-state index in [-0.39, 0.29) is 18.0 Å². The molecular weight excluding hydrogens is 296 g/mol. The van der Waals surface area contributed by atoms with Crippen molar-refractivity contribution in [3.8, 4) is 0 Å². The minimum Gasteiger partial charge on any atom is -0.392 e. The zero-order valence-corrected chi connectivity index (χ0v) is 12.7. The van der Waals surface area contributed by atoms with Crippen LogP contribution in [0.5, 0.6) is 0 Å². The SMILES string of the molecule is Cc1csc(CCNS(=O)(=O)c2ccccc2CO)n1. The number of rotatable bonds is 6. The molecule has 1 aromatic heterocycles. The number of nitrogens with zero attached hydrogens (tertiary/aromatic N) is 1. The molecule has 0 saturated heterocycles. The van der Waals surface area contributed by atoms with E-state index in [1.165, 1.54) is 17.4 Å². The first-order valence-corrected chi connectivity index (χ1v) is 8.48. The first-order chi connectivity index (χ1) is 9.53. The predicted molar refractivity (Wildman–Crippen MR) is 78.1 cm³/mol. The molecule has 0 bridgehead atoms. The third-order valence-corrected chi connectivity index (χ3v) is 5.32. The van der Waals surface area contributed by atoms with Crippen LogP contribution >= 0.6 is 11.3 Å². The van der Waals surface area contributed by atoms with Gasteiger partial charge in [-0.15, -0.1) is 11.3 Å². The molecule has 0 unspecified atom stereocenters. The first-order valence-electron chi connectivity index (χ1n) is 6.12. The number of hydrogen-bond acceptors (Lipinski definition) is 5. The van der Waals surface area contributed by atoms with E-state index in [1.807, 2.05) is 12.3 Å². The highest BCUT2D eigenvalue weighted by atomic mass is 32.2. The number of sulfonamides is 1. The smallest absolute Gasteiger partial charge is 0.240 e. The Bertz CT molecular complexity index is 680. The zero-order chi connectivity index (χ0) is 14.6. The maximum absolute atomic E-state index is 12.2. The molecule has 0 aliphatic carbocycles. The van der Waals surface area contributed by atoms with Gasteiger partial charge in [-0.05, 0) is 18.6 Å². The Kier molecular flexibility index (Phi) is 4.87. The number of aryl methyl sites for hydroxylation is 1. The Hall–Kier alpha value is -1.28. The van der Waals surface area contributed by atoms with E-state index in [1.54, 1.807) is 18.2 Å². The normalized spacial score (nSPS) is 11.7. The second kappa shape index (κ2) is 6.45. The lowest BCUT2D eigenvalue weighted by atomic mass is 10.2. The van der Waals surface area contributed by atoms with Gasteiger partial charge in [-0.2, -0.15) is 0 Å². The van der Waals surface area contributed by atoms with Crippen LogP contribution in [0.15, 0.2) is 34.5 Å². The molecule has 20 heavy (non-hydrogen) atoms. The van der Waals surface area contributed by atoms with Gasteiger partial charge in [-0.25, -0.2) is 18.1 Å². The van der Waals surface area contributed by atoms with Crippen molar-refractivity contribution in [3.63, 3.8) is 0 Å². The van der Waals surface area contributed by atoms with Crippen LogP contribution in [0.4, 0.5) is 0 Å². The van der Waals surface area contributed by atoms with Gasteiger partial charge in [0.05, 0.1) is 16.5 Å². The maximum Gasteiger partial charge on any atom is 0.240 e. The van der Waals surface area contributed by atoms with E-state index in [0.29, 0.717) is 12.0 Å². The molecule has 2 aromatic rings. The summed E-state index contributed by atoms with van der Waals surface area (Å²) in [6.07, 6.45) is 0.555. The third-order valence-electron chi connectivity index (χ3n) is 2.73. The van der Waals surface area contributed by atoms with Crippen molar-refractivity contribution >= 4 is 21.4 Å². The summed E-state index contributed by atoms with van der Waals surface area (Å²) >= 11 is 1.52. The molecule has 0 radical (unpaired) electrons. The van der Waals surface area contributed by atoms with Crippen LogP contribution in [0, 0.1) is 6.92 Å². The monoisotopic (exact) mass is 312 g/mol. The molecule has 108 valence electrons. The highest BCUT2D eigenvalue weighted by Gasteiger charge is 2.17. The fourth-order valence-electron chi connectivity index (χ4n) is 1.78. The minimum absolute atomic E-state index is 0.123. The maximum atomic E-state index is 12.2. The van der Waals surface area contributed by atoms with Crippen molar-refractivity contribution in [2.24, 2.45) is 0 Å². The van der Waals surface area contributed by atoms with Gasteiger partial charge in [-0.1, -0.05) is 18.2 Å². The van der Waals surface area contributed by atoms with Crippen molar-refractivity contribution in [1.29, 1.82) is 0 Å². The molecule has 5 nitrogen and oxygen atoms in total. The summed E-state index contributed by atoms with van der Waals surface area (Å²) in [5, 5.41) is 12.0. The number of aliphatic hydroxyl groups is 1. The summed E-state index contributed by atoms with van der Waals surface area (Å²) in [7, 11) is -3.60. The quantitative estimate of drug-likeness (QED) is 0.846. The highest BCUT2D eigenvalue weighted by molar-refractivity contribution is 7.89. The minimum atomic E-state index is -3.60. The Labute approximate surface area is 122 Å². The van der Waals surface area contributed by atoms with Gasteiger partial charge >= 0.3 is 0 Å². The molecule has 2 rings (SSSR count). The van der Waals surface area contributed by atoms with Crippen LogP contribution in [0.2, 0.25) is 0 Å². The molecule has 0 fully saturated rings. The number of hydrogen-bond donors (Lipinski definition) is 2. The van der Waals surface area contributed by atoms with Crippen molar-refractivity contribution in [1.82, 2.24) is 9.71 Å². The number of aromatic nitrogens is 1. The van der Waals surface area contributed by atoms with Gasteiger partial charge in [0.15, 0.2) is 0 Å². The van der Waals surface area contributed by atoms with Crippen molar-refractivity contribution in [3.05, 3.63) is 45.9 Å². The fourth-order valence-corrected chi connectivity index (χ4v) is 3.82. The Morgan fingerprint density at radius 1 is 1.35 bits per heavy atom. The number of benzene rings is 1.